The maximum absolute atomic E-state index is 14.0. The molecule has 0 N–H and O–H groups in total. The zero-order chi connectivity index (χ0) is 21.8. The lowest BCUT2D eigenvalue weighted by Gasteiger charge is -2.34. The number of carbonyl (C=O) groups is 1. The first-order chi connectivity index (χ1) is 15.1. The Bertz CT molecular complexity index is 956. The summed E-state index contributed by atoms with van der Waals surface area (Å²) in [5.41, 5.74) is 2.38. The second kappa shape index (κ2) is 9.58. The third kappa shape index (κ3) is 4.78. The van der Waals surface area contributed by atoms with Crippen molar-refractivity contribution in [3.63, 3.8) is 0 Å². The molecule has 1 fully saturated rings. The molecule has 164 valence electrons. The number of hydrogen-bond donors (Lipinski definition) is 0. The molecule has 2 aliphatic heterocycles. The SMILES string of the molecule is CCN1CCN(CC(=O)N2N=C(c3ccccc3OC)C[C@H]2c2cccc(F)c2)CC1. The Hall–Kier alpha value is -2.77. The lowest BCUT2D eigenvalue weighted by Crippen LogP contribution is -2.49. The topological polar surface area (TPSA) is 48.4 Å². The molecule has 31 heavy (non-hydrogen) atoms. The van der Waals surface area contributed by atoms with Crippen molar-refractivity contribution in [1.82, 2.24) is 14.8 Å². The van der Waals surface area contributed by atoms with Gasteiger partial charge in [0.25, 0.3) is 5.91 Å². The highest BCUT2D eigenvalue weighted by atomic mass is 19.1. The minimum Gasteiger partial charge on any atom is -0.496 e. The van der Waals surface area contributed by atoms with Gasteiger partial charge in [0.05, 0.1) is 25.4 Å². The summed E-state index contributed by atoms with van der Waals surface area (Å²) in [6, 6.07) is 13.8. The van der Waals surface area contributed by atoms with Crippen LogP contribution in [0.15, 0.2) is 53.6 Å². The molecule has 0 aliphatic carbocycles. The van der Waals surface area contributed by atoms with Crippen LogP contribution in [-0.2, 0) is 4.79 Å². The maximum Gasteiger partial charge on any atom is 0.257 e. The van der Waals surface area contributed by atoms with Crippen molar-refractivity contribution >= 4 is 11.6 Å². The summed E-state index contributed by atoms with van der Waals surface area (Å²) in [5, 5.41) is 6.26. The molecule has 0 spiro atoms. The normalized spacial score (nSPS) is 20.0. The third-order valence-electron chi connectivity index (χ3n) is 6.09. The summed E-state index contributed by atoms with van der Waals surface area (Å²) in [5.74, 6) is 0.333. The van der Waals surface area contributed by atoms with Crippen LogP contribution in [0.25, 0.3) is 0 Å². The summed E-state index contributed by atoms with van der Waals surface area (Å²) in [4.78, 5) is 17.9. The van der Waals surface area contributed by atoms with E-state index in [1.165, 1.54) is 12.1 Å². The molecule has 0 radical (unpaired) electrons. The molecule has 0 aromatic heterocycles. The van der Waals surface area contributed by atoms with E-state index in [1.807, 2.05) is 30.3 Å². The third-order valence-corrected chi connectivity index (χ3v) is 6.09. The summed E-state index contributed by atoms with van der Waals surface area (Å²) in [7, 11) is 1.62. The van der Waals surface area contributed by atoms with Crippen molar-refractivity contribution in [1.29, 1.82) is 0 Å². The molecule has 1 amide bonds. The number of carbonyl (C=O) groups excluding carboxylic acids is 1. The van der Waals surface area contributed by atoms with Gasteiger partial charge >= 0.3 is 0 Å². The summed E-state index contributed by atoms with van der Waals surface area (Å²) < 4.78 is 19.5. The predicted molar refractivity (Wildman–Crippen MR) is 119 cm³/mol. The van der Waals surface area contributed by atoms with E-state index in [-0.39, 0.29) is 17.8 Å². The summed E-state index contributed by atoms with van der Waals surface area (Å²) in [6.07, 6.45) is 0.513. The smallest absolute Gasteiger partial charge is 0.257 e. The number of para-hydroxylation sites is 1. The average molecular weight is 425 g/mol. The van der Waals surface area contributed by atoms with Gasteiger partial charge in [-0.05, 0) is 36.4 Å². The fourth-order valence-corrected chi connectivity index (χ4v) is 4.29. The lowest BCUT2D eigenvalue weighted by molar-refractivity contribution is -0.134. The van der Waals surface area contributed by atoms with E-state index in [4.69, 9.17) is 9.84 Å². The Morgan fingerprint density at radius 2 is 1.84 bits per heavy atom. The number of rotatable bonds is 6. The van der Waals surface area contributed by atoms with Gasteiger partial charge in [0.15, 0.2) is 0 Å². The highest BCUT2D eigenvalue weighted by molar-refractivity contribution is 6.05. The standard InChI is InChI=1S/C24H29FN4O2/c1-3-27-11-13-28(14-12-27)17-24(30)29-22(18-7-6-8-19(25)15-18)16-21(26-29)20-9-4-5-10-23(20)31-2/h4-10,15,22H,3,11-14,16-17H2,1-2H3/t22-/m0/s1. The van der Waals surface area contributed by atoms with Gasteiger partial charge in [-0.15, -0.1) is 0 Å². The van der Waals surface area contributed by atoms with Crippen molar-refractivity contribution < 1.29 is 13.9 Å². The first kappa shape index (κ1) is 21.5. The van der Waals surface area contributed by atoms with Crippen LogP contribution in [0.2, 0.25) is 0 Å². The highest BCUT2D eigenvalue weighted by Gasteiger charge is 2.35. The van der Waals surface area contributed by atoms with Crippen LogP contribution in [0.1, 0.15) is 30.5 Å². The number of benzene rings is 2. The Labute approximate surface area is 182 Å². The number of halogens is 1. The van der Waals surface area contributed by atoms with Gasteiger partial charge in [-0.25, -0.2) is 9.40 Å². The fraction of sp³-hybridized carbons (Fsp3) is 0.417. The predicted octanol–water partition coefficient (Wildman–Crippen LogP) is 3.15. The van der Waals surface area contributed by atoms with Crippen molar-refractivity contribution in [2.75, 3.05) is 46.4 Å². The van der Waals surface area contributed by atoms with Gasteiger partial charge < -0.3 is 9.64 Å². The van der Waals surface area contributed by atoms with Gasteiger partial charge in [-0.1, -0.05) is 31.2 Å². The van der Waals surface area contributed by atoms with Crippen LogP contribution in [0.5, 0.6) is 5.75 Å². The van der Waals surface area contributed by atoms with E-state index in [9.17, 15) is 9.18 Å². The quantitative estimate of drug-likeness (QED) is 0.715. The second-order valence-corrected chi connectivity index (χ2v) is 7.97. The molecule has 6 nitrogen and oxygen atoms in total. The maximum atomic E-state index is 14.0. The van der Waals surface area contributed by atoms with E-state index in [0.717, 1.165) is 49.6 Å². The number of likely N-dealkylation sites (N-methyl/N-ethyl adjacent to an activating group) is 1. The molecule has 0 bridgehead atoms. The molecule has 2 aliphatic rings. The molecule has 2 aromatic carbocycles. The Kier molecular flexibility index (Phi) is 6.63. The molecule has 0 saturated carbocycles. The Balaban J connectivity index is 1.59. The number of hydrazone groups is 1. The molecule has 2 heterocycles. The molecular weight excluding hydrogens is 395 g/mol. The Morgan fingerprint density at radius 3 is 2.55 bits per heavy atom. The van der Waals surface area contributed by atoms with Crippen LogP contribution in [0.3, 0.4) is 0 Å². The molecule has 1 saturated heterocycles. The van der Waals surface area contributed by atoms with E-state index in [2.05, 4.69) is 16.7 Å². The van der Waals surface area contributed by atoms with Gasteiger partial charge in [0.1, 0.15) is 11.6 Å². The number of piperazine rings is 1. The lowest BCUT2D eigenvalue weighted by atomic mass is 9.98. The monoisotopic (exact) mass is 424 g/mol. The van der Waals surface area contributed by atoms with E-state index < -0.39 is 0 Å². The first-order valence-corrected chi connectivity index (χ1v) is 10.8. The second-order valence-electron chi connectivity index (χ2n) is 7.97. The van der Waals surface area contributed by atoms with Crippen molar-refractivity contribution in [2.24, 2.45) is 5.10 Å². The largest absolute Gasteiger partial charge is 0.496 e. The van der Waals surface area contributed by atoms with Crippen LogP contribution in [0, 0.1) is 5.82 Å². The van der Waals surface area contributed by atoms with Crippen LogP contribution in [-0.4, -0.2) is 72.8 Å². The number of nitrogens with zero attached hydrogens (tertiary/aromatic N) is 4. The van der Waals surface area contributed by atoms with Gasteiger partial charge in [-0.2, -0.15) is 5.10 Å². The van der Waals surface area contributed by atoms with Crippen molar-refractivity contribution in [3.8, 4) is 5.75 Å². The highest BCUT2D eigenvalue weighted by Crippen LogP contribution is 2.35. The van der Waals surface area contributed by atoms with E-state index in [0.29, 0.717) is 18.7 Å². The van der Waals surface area contributed by atoms with Gasteiger partial charge in [0, 0.05) is 38.2 Å². The Morgan fingerprint density at radius 1 is 1.10 bits per heavy atom. The van der Waals surface area contributed by atoms with Gasteiger partial charge in [-0.3, -0.25) is 9.69 Å². The zero-order valence-electron chi connectivity index (χ0n) is 18.1. The minimum absolute atomic E-state index is 0.0656. The zero-order valence-corrected chi connectivity index (χ0v) is 18.1. The van der Waals surface area contributed by atoms with Gasteiger partial charge in [0.2, 0.25) is 0 Å². The van der Waals surface area contributed by atoms with E-state index in [1.54, 1.807) is 18.2 Å². The molecule has 0 unspecified atom stereocenters. The van der Waals surface area contributed by atoms with Crippen LogP contribution < -0.4 is 4.74 Å². The number of hydrogen-bond acceptors (Lipinski definition) is 5. The molecule has 7 heteroatoms. The summed E-state index contributed by atoms with van der Waals surface area (Å²) >= 11 is 0. The first-order valence-electron chi connectivity index (χ1n) is 10.8. The molecular formula is C24H29FN4O2. The number of amides is 1. The van der Waals surface area contributed by atoms with Crippen LogP contribution >= 0.6 is 0 Å². The summed E-state index contributed by atoms with van der Waals surface area (Å²) in [6.45, 7) is 7.15. The molecule has 1 atom stereocenters. The van der Waals surface area contributed by atoms with Crippen molar-refractivity contribution in [2.45, 2.75) is 19.4 Å². The molecule has 2 aromatic rings. The van der Waals surface area contributed by atoms with Crippen molar-refractivity contribution in [3.05, 3.63) is 65.5 Å². The number of methoxy groups -OCH3 is 1. The van der Waals surface area contributed by atoms with E-state index >= 15 is 0 Å². The van der Waals surface area contributed by atoms with Crippen LogP contribution in [0.4, 0.5) is 4.39 Å². The average Bonchev–Trinajstić information content (AvgIpc) is 3.25. The minimum atomic E-state index is -0.333. The number of ether oxygens (including phenoxy) is 1. The fourth-order valence-electron chi connectivity index (χ4n) is 4.29. The molecule has 4 rings (SSSR count).